The molecule has 0 rings (SSSR count). The minimum atomic E-state index is -0.669. The van der Waals surface area contributed by atoms with Crippen molar-refractivity contribution >= 4 is 11.9 Å². The van der Waals surface area contributed by atoms with Crippen molar-refractivity contribution in [2.45, 2.75) is 26.8 Å². The van der Waals surface area contributed by atoms with Gasteiger partial charge in [0.25, 0.3) is 0 Å². The zero-order valence-electron chi connectivity index (χ0n) is 12.1. The van der Waals surface area contributed by atoms with E-state index in [0.29, 0.717) is 12.2 Å². The molecule has 1 N–H and O–H groups in total. The molecular weight excluding hydrogens is 246 g/mol. The van der Waals surface area contributed by atoms with Gasteiger partial charge in [0, 0.05) is 12.7 Å². The second kappa shape index (κ2) is 9.33. The van der Waals surface area contributed by atoms with Crippen molar-refractivity contribution in [1.82, 2.24) is 5.32 Å². The molecule has 0 radical (unpaired) electrons. The van der Waals surface area contributed by atoms with Gasteiger partial charge in [-0.3, -0.25) is 4.79 Å². The first kappa shape index (κ1) is 17.4. The van der Waals surface area contributed by atoms with Crippen LogP contribution in [0.5, 0.6) is 0 Å². The van der Waals surface area contributed by atoms with Gasteiger partial charge in [0.05, 0.1) is 6.61 Å². The highest BCUT2D eigenvalue weighted by Gasteiger charge is 2.25. The lowest BCUT2D eigenvalue weighted by Gasteiger charge is -2.20. The number of rotatable bonds is 8. The van der Waals surface area contributed by atoms with Gasteiger partial charge >= 0.3 is 5.97 Å². The van der Waals surface area contributed by atoms with Gasteiger partial charge in [0.1, 0.15) is 12.6 Å². The molecule has 0 aliphatic rings. The predicted octanol–water partition coefficient (Wildman–Crippen LogP) is 1.45. The Morgan fingerprint density at radius 2 is 1.95 bits per heavy atom. The van der Waals surface area contributed by atoms with E-state index in [9.17, 15) is 9.59 Å². The summed E-state index contributed by atoms with van der Waals surface area (Å²) in [6.45, 7) is 9.37. The van der Waals surface area contributed by atoms with Gasteiger partial charge in [-0.05, 0) is 12.8 Å². The average molecular weight is 269 g/mol. The molecule has 0 aliphatic carbocycles. The van der Waals surface area contributed by atoms with Gasteiger partial charge < -0.3 is 14.8 Å². The second-order valence-corrected chi connectivity index (χ2v) is 4.44. The fourth-order valence-corrected chi connectivity index (χ4v) is 1.32. The molecule has 0 heterocycles. The number of amides is 1. The molecule has 1 atom stereocenters. The Kier molecular flexibility index (Phi) is 8.53. The third-order valence-electron chi connectivity index (χ3n) is 2.46. The standard InChI is InChI=1S/C14H23NO4/c1-6-7-11(4)13(16)15-12(10(2)3)14(17)19-9-8-18-5/h6-7,10,12H,1,8-9H2,2-5H3,(H,15,16)/b11-7+/t12-/m0/s1. The van der Waals surface area contributed by atoms with Crippen LogP contribution >= 0.6 is 0 Å². The molecule has 0 fully saturated rings. The molecule has 0 aromatic heterocycles. The molecule has 0 spiro atoms. The molecule has 19 heavy (non-hydrogen) atoms. The highest BCUT2D eigenvalue weighted by atomic mass is 16.6. The molecule has 5 nitrogen and oxygen atoms in total. The number of ether oxygens (including phenoxy) is 2. The van der Waals surface area contributed by atoms with Gasteiger partial charge in [0.15, 0.2) is 0 Å². The van der Waals surface area contributed by atoms with E-state index in [4.69, 9.17) is 9.47 Å². The molecule has 108 valence electrons. The topological polar surface area (TPSA) is 64.6 Å². The van der Waals surface area contributed by atoms with E-state index in [-0.39, 0.29) is 18.4 Å². The minimum absolute atomic E-state index is 0.0597. The Hall–Kier alpha value is -1.62. The van der Waals surface area contributed by atoms with E-state index in [2.05, 4.69) is 11.9 Å². The third kappa shape index (κ3) is 6.76. The summed E-state index contributed by atoms with van der Waals surface area (Å²) in [5, 5.41) is 2.66. The van der Waals surface area contributed by atoms with E-state index >= 15 is 0 Å². The van der Waals surface area contributed by atoms with Crippen LogP contribution in [0.2, 0.25) is 0 Å². The number of methoxy groups -OCH3 is 1. The van der Waals surface area contributed by atoms with Crippen LogP contribution in [0.4, 0.5) is 0 Å². The monoisotopic (exact) mass is 269 g/mol. The number of carbonyl (C=O) groups excluding carboxylic acids is 2. The third-order valence-corrected chi connectivity index (χ3v) is 2.46. The molecule has 0 aromatic rings. The molecule has 1 amide bonds. The zero-order chi connectivity index (χ0) is 14.8. The van der Waals surface area contributed by atoms with Crippen LogP contribution in [0.3, 0.4) is 0 Å². The van der Waals surface area contributed by atoms with Crippen molar-refractivity contribution in [2.24, 2.45) is 5.92 Å². The summed E-state index contributed by atoms with van der Waals surface area (Å²) in [6.07, 6.45) is 3.11. The Morgan fingerprint density at radius 1 is 1.32 bits per heavy atom. The Labute approximate surface area is 114 Å². The molecule has 0 aromatic carbocycles. The Bertz CT molecular complexity index is 347. The predicted molar refractivity (Wildman–Crippen MR) is 73.6 cm³/mol. The summed E-state index contributed by atoms with van der Waals surface area (Å²) in [6, 6.07) is -0.669. The average Bonchev–Trinajstić information content (AvgIpc) is 2.35. The highest BCUT2D eigenvalue weighted by Crippen LogP contribution is 2.06. The SMILES string of the molecule is C=C/C=C(\C)C(=O)N[C@H](C(=O)OCCOC)C(C)C. The van der Waals surface area contributed by atoms with E-state index in [1.807, 2.05) is 13.8 Å². The molecule has 0 saturated carbocycles. The number of carbonyl (C=O) groups is 2. The van der Waals surface area contributed by atoms with Crippen LogP contribution in [0.25, 0.3) is 0 Å². The first-order valence-electron chi connectivity index (χ1n) is 6.19. The molecule has 0 aliphatic heterocycles. The quantitative estimate of drug-likeness (QED) is 0.313. The van der Waals surface area contributed by atoms with E-state index in [0.717, 1.165) is 0 Å². The van der Waals surface area contributed by atoms with Crippen LogP contribution in [-0.2, 0) is 19.1 Å². The number of allylic oxidation sites excluding steroid dienone is 2. The van der Waals surface area contributed by atoms with Gasteiger partial charge in [-0.15, -0.1) is 0 Å². The van der Waals surface area contributed by atoms with Crippen molar-refractivity contribution in [1.29, 1.82) is 0 Å². The minimum Gasteiger partial charge on any atom is -0.462 e. The van der Waals surface area contributed by atoms with Crippen LogP contribution in [0, 0.1) is 5.92 Å². The largest absolute Gasteiger partial charge is 0.462 e. The van der Waals surface area contributed by atoms with Crippen molar-refractivity contribution < 1.29 is 19.1 Å². The first-order valence-corrected chi connectivity index (χ1v) is 6.19. The smallest absolute Gasteiger partial charge is 0.328 e. The van der Waals surface area contributed by atoms with Crippen molar-refractivity contribution in [3.63, 3.8) is 0 Å². The summed E-state index contributed by atoms with van der Waals surface area (Å²) < 4.78 is 9.83. The lowest BCUT2D eigenvalue weighted by atomic mass is 10.0. The molecular formula is C14H23NO4. The maximum atomic E-state index is 11.8. The molecule has 0 bridgehead atoms. The lowest BCUT2D eigenvalue weighted by molar-refractivity contribution is -0.150. The normalized spacial score (nSPS) is 13.0. The fraction of sp³-hybridized carbons (Fsp3) is 0.571. The first-order chi connectivity index (χ1) is 8.93. The summed E-state index contributed by atoms with van der Waals surface area (Å²) in [5.41, 5.74) is 0.491. The van der Waals surface area contributed by atoms with Crippen LogP contribution in [-0.4, -0.2) is 38.2 Å². The molecule has 5 heteroatoms. The number of esters is 1. The Balaban J connectivity index is 4.57. The number of hydrogen-bond acceptors (Lipinski definition) is 4. The molecule has 0 saturated heterocycles. The fourth-order valence-electron chi connectivity index (χ4n) is 1.32. The Morgan fingerprint density at radius 3 is 2.42 bits per heavy atom. The van der Waals surface area contributed by atoms with Crippen LogP contribution in [0.1, 0.15) is 20.8 Å². The summed E-state index contributed by atoms with van der Waals surface area (Å²) in [5.74, 6) is -0.815. The van der Waals surface area contributed by atoms with Crippen molar-refractivity contribution in [3.8, 4) is 0 Å². The number of hydrogen-bond donors (Lipinski definition) is 1. The lowest BCUT2D eigenvalue weighted by Crippen LogP contribution is -2.45. The molecule has 0 unspecified atom stereocenters. The van der Waals surface area contributed by atoms with Crippen LogP contribution in [0.15, 0.2) is 24.3 Å². The summed E-state index contributed by atoms with van der Waals surface area (Å²) >= 11 is 0. The highest BCUT2D eigenvalue weighted by molar-refractivity contribution is 5.95. The maximum Gasteiger partial charge on any atom is 0.328 e. The second-order valence-electron chi connectivity index (χ2n) is 4.44. The van der Waals surface area contributed by atoms with Gasteiger partial charge in [-0.1, -0.05) is 32.6 Å². The van der Waals surface area contributed by atoms with E-state index in [1.165, 1.54) is 13.2 Å². The summed E-state index contributed by atoms with van der Waals surface area (Å²) in [7, 11) is 1.53. The van der Waals surface area contributed by atoms with E-state index < -0.39 is 12.0 Å². The zero-order valence-corrected chi connectivity index (χ0v) is 12.1. The summed E-state index contributed by atoms with van der Waals surface area (Å²) in [4.78, 5) is 23.7. The number of nitrogens with one attached hydrogen (secondary N) is 1. The van der Waals surface area contributed by atoms with Gasteiger partial charge in [-0.2, -0.15) is 0 Å². The van der Waals surface area contributed by atoms with Crippen LogP contribution < -0.4 is 5.32 Å². The van der Waals surface area contributed by atoms with Crippen molar-refractivity contribution in [3.05, 3.63) is 24.3 Å². The van der Waals surface area contributed by atoms with E-state index in [1.54, 1.807) is 13.0 Å². The van der Waals surface area contributed by atoms with Crippen molar-refractivity contribution in [2.75, 3.05) is 20.3 Å². The van der Waals surface area contributed by atoms with Gasteiger partial charge in [0.2, 0.25) is 5.91 Å². The maximum absolute atomic E-state index is 11.8. The van der Waals surface area contributed by atoms with Gasteiger partial charge in [-0.25, -0.2) is 4.79 Å².